The van der Waals surface area contributed by atoms with Gasteiger partial charge in [0.25, 0.3) is 5.56 Å². The molecule has 0 aliphatic heterocycles. The molecule has 0 aliphatic rings. The summed E-state index contributed by atoms with van der Waals surface area (Å²) in [5.74, 6) is 0.306. The van der Waals surface area contributed by atoms with Crippen LogP contribution in [0.1, 0.15) is 25.3 Å². The molecule has 7 heteroatoms. The first-order chi connectivity index (χ1) is 10.3. The minimum Gasteiger partial charge on any atom is -0.321 e. The first-order valence-electron chi connectivity index (χ1n) is 6.83. The Kier molecular flexibility index (Phi) is 3.92. The predicted molar refractivity (Wildman–Crippen MR) is 82.2 cm³/mol. The van der Waals surface area contributed by atoms with Crippen molar-refractivity contribution in [3.8, 4) is 22.0 Å². The second-order valence-electron chi connectivity index (χ2n) is 4.73. The quantitative estimate of drug-likeness (QED) is 0.758. The van der Waals surface area contributed by atoms with Crippen molar-refractivity contribution in [1.82, 2.24) is 25.6 Å². The summed E-state index contributed by atoms with van der Waals surface area (Å²) < 4.78 is 0. The summed E-state index contributed by atoms with van der Waals surface area (Å²) in [5.41, 5.74) is 2.33. The Bertz CT molecular complexity index is 775. The molecule has 0 spiro atoms. The molecule has 0 amide bonds. The van der Waals surface area contributed by atoms with Crippen LogP contribution in [0.2, 0.25) is 0 Å². The maximum atomic E-state index is 12.2. The van der Waals surface area contributed by atoms with Crippen LogP contribution in [-0.4, -0.2) is 25.6 Å². The van der Waals surface area contributed by atoms with Gasteiger partial charge in [0.2, 0.25) is 5.82 Å². The highest BCUT2D eigenvalue weighted by Crippen LogP contribution is 2.29. The van der Waals surface area contributed by atoms with E-state index in [1.807, 2.05) is 6.07 Å². The lowest BCUT2D eigenvalue weighted by Gasteiger charge is -2.04. The lowest BCUT2D eigenvalue weighted by molar-refractivity contribution is 0.798. The molecule has 3 rings (SSSR count). The van der Waals surface area contributed by atoms with Crippen LogP contribution in [0.15, 0.2) is 28.4 Å². The summed E-state index contributed by atoms with van der Waals surface area (Å²) in [6.45, 7) is 2.17. The Labute approximate surface area is 125 Å². The number of pyridine rings is 1. The number of rotatable bonds is 5. The topological polar surface area (TPSA) is 87.3 Å². The van der Waals surface area contributed by atoms with Gasteiger partial charge in [-0.05, 0) is 47.2 Å². The normalized spacial score (nSPS) is 10.9. The predicted octanol–water partition coefficient (Wildman–Crippen LogP) is 2.63. The zero-order chi connectivity index (χ0) is 14.7. The lowest BCUT2D eigenvalue weighted by Crippen LogP contribution is -2.10. The molecule has 0 atom stereocenters. The summed E-state index contributed by atoms with van der Waals surface area (Å²) in [7, 11) is 0. The number of tetrazole rings is 1. The van der Waals surface area contributed by atoms with Crippen molar-refractivity contribution in [1.29, 1.82) is 0 Å². The van der Waals surface area contributed by atoms with E-state index >= 15 is 0 Å². The van der Waals surface area contributed by atoms with Crippen LogP contribution in [0.4, 0.5) is 0 Å². The maximum Gasteiger partial charge on any atom is 0.259 e. The summed E-state index contributed by atoms with van der Waals surface area (Å²) in [6.07, 6.45) is 3.33. The number of unbranched alkanes of at least 4 members (excludes halogenated alkanes) is 1. The third-order valence-electron chi connectivity index (χ3n) is 3.29. The fraction of sp³-hybridized carbons (Fsp3) is 0.286. The van der Waals surface area contributed by atoms with Crippen LogP contribution in [-0.2, 0) is 6.42 Å². The minimum absolute atomic E-state index is 0.205. The number of H-pyrrole nitrogens is 2. The van der Waals surface area contributed by atoms with Crippen molar-refractivity contribution in [2.45, 2.75) is 26.2 Å². The van der Waals surface area contributed by atoms with E-state index in [9.17, 15) is 4.79 Å². The first-order valence-corrected chi connectivity index (χ1v) is 7.71. The second kappa shape index (κ2) is 6.01. The summed E-state index contributed by atoms with van der Waals surface area (Å²) in [6, 6.07) is 5.76. The van der Waals surface area contributed by atoms with E-state index in [-0.39, 0.29) is 5.56 Å². The molecule has 3 aromatic rings. The Balaban J connectivity index is 1.96. The number of nitrogens with zero attached hydrogens (tertiary/aromatic N) is 3. The highest BCUT2D eigenvalue weighted by atomic mass is 32.1. The number of nitrogens with one attached hydrogen (secondary N) is 2. The fourth-order valence-electron chi connectivity index (χ4n) is 2.19. The van der Waals surface area contributed by atoms with E-state index in [2.05, 4.69) is 44.0 Å². The van der Waals surface area contributed by atoms with Crippen molar-refractivity contribution < 1.29 is 0 Å². The van der Waals surface area contributed by atoms with E-state index in [1.54, 1.807) is 17.4 Å². The molecule has 0 saturated carbocycles. The summed E-state index contributed by atoms with van der Waals surface area (Å²) in [5, 5.41) is 15.5. The number of aromatic amines is 2. The Morgan fingerprint density at radius 1 is 1.29 bits per heavy atom. The van der Waals surface area contributed by atoms with Gasteiger partial charge in [-0.25, -0.2) is 0 Å². The molecule has 0 bridgehead atoms. The van der Waals surface area contributed by atoms with Crippen molar-refractivity contribution >= 4 is 11.3 Å². The van der Waals surface area contributed by atoms with Crippen molar-refractivity contribution in [3.05, 3.63) is 39.5 Å². The van der Waals surface area contributed by atoms with Gasteiger partial charge in [-0.3, -0.25) is 4.79 Å². The Hall–Kier alpha value is -2.28. The monoisotopic (exact) mass is 301 g/mol. The SMILES string of the molecule is CCCCc1ccsc1-c1ccc(-c2nn[nH]n2)c(=O)[nH]1. The fourth-order valence-corrected chi connectivity index (χ4v) is 3.13. The molecular weight excluding hydrogens is 286 g/mol. The van der Waals surface area contributed by atoms with Gasteiger partial charge in [0.05, 0.1) is 16.1 Å². The van der Waals surface area contributed by atoms with Crippen LogP contribution in [0, 0.1) is 0 Å². The second-order valence-corrected chi connectivity index (χ2v) is 5.64. The molecule has 6 nitrogen and oxygen atoms in total. The van der Waals surface area contributed by atoms with Gasteiger partial charge in [0, 0.05) is 0 Å². The van der Waals surface area contributed by atoms with Gasteiger partial charge in [-0.1, -0.05) is 13.3 Å². The number of aromatic nitrogens is 5. The highest BCUT2D eigenvalue weighted by molar-refractivity contribution is 7.13. The number of aryl methyl sites for hydroxylation is 1. The maximum absolute atomic E-state index is 12.2. The molecule has 0 fully saturated rings. The molecule has 0 aliphatic carbocycles. The number of hydrogen-bond acceptors (Lipinski definition) is 5. The molecule has 3 heterocycles. The van der Waals surface area contributed by atoms with Crippen molar-refractivity contribution in [2.24, 2.45) is 0 Å². The van der Waals surface area contributed by atoms with E-state index < -0.39 is 0 Å². The Morgan fingerprint density at radius 2 is 2.19 bits per heavy atom. The molecule has 2 N–H and O–H groups in total. The number of thiophene rings is 1. The standard InChI is InChI=1S/C14H15N5OS/c1-2-3-4-9-7-8-21-12(9)11-6-5-10(14(20)15-11)13-16-18-19-17-13/h5-8H,2-4H2,1H3,(H,15,20)(H,16,17,18,19). The van der Waals surface area contributed by atoms with Gasteiger partial charge in [-0.15, -0.1) is 21.5 Å². The molecule has 21 heavy (non-hydrogen) atoms. The van der Waals surface area contributed by atoms with Crippen LogP contribution in [0.25, 0.3) is 22.0 Å². The van der Waals surface area contributed by atoms with E-state index in [0.717, 1.165) is 29.8 Å². The van der Waals surface area contributed by atoms with E-state index in [1.165, 1.54) is 5.56 Å². The zero-order valence-corrected chi connectivity index (χ0v) is 12.4. The van der Waals surface area contributed by atoms with Crippen molar-refractivity contribution in [3.63, 3.8) is 0 Å². The molecule has 0 radical (unpaired) electrons. The summed E-state index contributed by atoms with van der Waals surface area (Å²) >= 11 is 1.65. The molecular formula is C14H15N5OS. The average Bonchev–Trinajstić information content (AvgIpc) is 3.16. The van der Waals surface area contributed by atoms with Gasteiger partial charge >= 0.3 is 0 Å². The average molecular weight is 301 g/mol. The Morgan fingerprint density at radius 3 is 2.90 bits per heavy atom. The minimum atomic E-state index is -0.205. The first kappa shape index (κ1) is 13.7. The summed E-state index contributed by atoms with van der Waals surface area (Å²) in [4.78, 5) is 16.2. The molecule has 0 saturated heterocycles. The highest BCUT2D eigenvalue weighted by Gasteiger charge is 2.12. The lowest BCUT2D eigenvalue weighted by atomic mass is 10.1. The zero-order valence-electron chi connectivity index (χ0n) is 11.6. The van der Waals surface area contributed by atoms with E-state index in [0.29, 0.717) is 11.4 Å². The van der Waals surface area contributed by atoms with Gasteiger partial charge in [-0.2, -0.15) is 5.21 Å². The molecule has 3 aromatic heterocycles. The third-order valence-corrected chi connectivity index (χ3v) is 4.28. The van der Waals surface area contributed by atoms with Crippen LogP contribution < -0.4 is 5.56 Å². The largest absolute Gasteiger partial charge is 0.321 e. The van der Waals surface area contributed by atoms with E-state index in [4.69, 9.17) is 0 Å². The van der Waals surface area contributed by atoms with Crippen LogP contribution in [0.5, 0.6) is 0 Å². The molecule has 0 unspecified atom stereocenters. The van der Waals surface area contributed by atoms with Gasteiger partial charge in [0.1, 0.15) is 0 Å². The smallest absolute Gasteiger partial charge is 0.259 e. The molecule has 0 aromatic carbocycles. The van der Waals surface area contributed by atoms with Gasteiger partial charge < -0.3 is 4.98 Å². The van der Waals surface area contributed by atoms with Crippen LogP contribution >= 0.6 is 11.3 Å². The third kappa shape index (κ3) is 2.78. The molecule has 108 valence electrons. The van der Waals surface area contributed by atoms with Crippen molar-refractivity contribution in [2.75, 3.05) is 0 Å². The van der Waals surface area contributed by atoms with Crippen LogP contribution in [0.3, 0.4) is 0 Å². The van der Waals surface area contributed by atoms with Gasteiger partial charge in [0.15, 0.2) is 0 Å². The number of hydrogen-bond donors (Lipinski definition) is 2.